The summed E-state index contributed by atoms with van der Waals surface area (Å²) in [6, 6.07) is 5.33. The molecule has 0 aliphatic carbocycles. The molecule has 6 heteroatoms. The number of phenolic OH excluding ortho intramolecular Hbond substituents is 1. The predicted molar refractivity (Wildman–Crippen MR) is 76.9 cm³/mol. The van der Waals surface area contributed by atoms with Gasteiger partial charge in [-0.2, -0.15) is 0 Å². The maximum absolute atomic E-state index is 12.2. The Labute approximate surface area is 123 Å². The molecule has 1 aromatic carbocycles. The SMILES string of the molecule is CC1CNCC1C(=O)N[C@H](Cc1ccc(O)cc1)C(=O)O. The molecule has 1 amide bonds. The zero-order chi connectivity index (χ0) is 15.4. The van der Waals surface area contributed by atoms with Crippen LogP contribution in [0.3, 0.4) is 0 Å². The highest BCUT2D eigenvalue weighted by molar-refractivity contribution is 5.85. The average molecular weight is 292 g/mol. The van der Waals surface area contributed by atoms with Crippen LogP contribution >= 0.6 is 0 Å². The van der Waals surface area contributed by atoms with Gasteiger partial charge in [-0.1, -0.05) is 19.1 Å². The Morgan fingerprint density at radius 2 is 2.00 bits per heavy atom. The van der Waals surface area contributed by atoms with Crippen LogP contribution in [0, 0.1) is 11.8 Å². The van der Waals surface area contributed by atoms with Gasteiger partial charge in [-0.15, -0.1) is 0 Å². The Morgan fingerprint density at radius 3 is 2.52 bits per heavy atom. The third kappa shape index (κ3) is 3.95. The van der Waals surface area contributed by atoms with Crippen molar-refractivity contribution in [3.63, 3.8) is 0 Å². The van der Waals surface area contributed by atoms with Crippen LogP contribution < -0.4 is 10.6 Å². The number of carboxylic acid groups (broad SMARTS) is 1. The summed E-state index contributed by atoms with van der Waals surface area (Å²) in [5.74, 6) is -1.14. The first-order valence-corrected chi connectivity index (χ1v) is 6.99. The smallest absolute Gasteiger partial charge is 0.326 e. The maximum Gasteiger partial charge on any atom is 0.326 e. The number of aromatic hydroxyl groups is 1. The highest BCUT2D eigenvalue weighted by Gasteiger charge is 2.32. The standard InChI is InChI=1S/C15H20N2O4/c1-9-7-16-8-12(9)14(19)17-13(15(20)21)6-10-2-4-11(18)5-3-10/h2-5,9,12-13,16,18H,6-8H2,1H3,(H,17,19)(H,20,21)/t9?,12?,13-/m1/s1. The van der Waals surface area contributed by atoms with E-state index in [4.69, 9.17) is 0 Å². The van der Waals surface area contributed by atoms with Crippen molar-refractivity contribution in [1.29, 1.82) is 0 Å². The Kier molecular flexibility index (Phi) is 4.80. The third-order valence-corrected chi connectivity index (χ3v) is 3.84. The summed E-state index contributed by atoms with van der Waals surface area (Å²) in [7, 11) is 0. The van der Waals surface area contributed by atoms with Gasteiger partial charge >= 0.3 is 5.97 Å². The van der Waals surface area contributed by atoms with E-state index < -0.39 is 12.0 Å². The number of rotatable bonds is 5. The normalized spacial score (nSPS) is 22.7. The van der Waals surface area contributed by atoms with Crippen LogP contribution in [-0.2, 0) is 16.0 Å². The highest BCUT2D eigenvalue weighted by Crippen LogP contribution is 2.17. The zero-order valence-electron chi connectivity index (χ0n) is 11.9. The molecule has 3 atom stereocenters. The van der Waals surface area contributed by atoms with Crippen LogP contribution in [0.2, 0.25) is 0 Å². The molecule has 2 unspecified atom stereocenters. The van der Waals surface area contributed by atoms with Crippen molar-refractivity contribution < 1.29 is 19.8 Å². The van der Waals surface area contributed by atoms with Gasteiger partial charge in [0.2, 0.25) is 5.91 Å². The van der Waals surface area contributed by atoms with Gasteiger partial charge in [0.1, 0.15) is 11.8 Å². The van der Waals surface area contributed by atoms with Gasteiger partial charge in [-0.05, 0) is 30.2 Å². The summed E-state index contributed by atoms with van der Waals surface area (Å²) in [6.07, 6.45) is 0.190. The van der Waals surface area contributed by atoms with E-state index in [-0.39, 0.29) is 29.9 Å². The summed E-state index contributed by atoms with van der Waals surface area (Å²) < 4.78 is 0. The van der Waals surface area contributed by atoms with E-state index in [2.05, 4.69) is 10.6 Å². The first kappa shape index (κ1) is 15.3. The topological polar surface area (TPSA) is 98.7 Å². The molecule has 2 rings (SSSR count). The van der Waals surface area contributed by atoms with Crippen molar-refractivity contribution in [2.75, 3.05) is 13.1 Å². The van der Waals surface area contributed by atoms with Crippen molar-refractivity contribution >= 4 is 11.9 Å². The van der Waals surface area contributed by atoms with E-state index in [0.29, 0.717) is 6.54 Å². The molecule has 0 spiro atoms. The maximum atomic E-state index is 12.2. The Hall–Kier alpha value is -2.08. The molecular formula is C15H20N2O4. The van der Waals surface area contributed by atoms with Crippen molar-refractivity contribution in [3.05, 3.63) is 29.8 Å². The first-order chi connectivity index (χ1) is 9.97. The average Bonchev–Trinajstić information content (AvgIpc) is 2.86. The number of carbonyl (C=O) groups excluding carboxylic acids is 1. The van der Waals surface area contributed by atoms with E-state index in [1.165, 1.54) is 12.1 Å². The third-order valence-electron chi connectivity index (χ3n) is 3.84. The Morgan fingerprint density at radius 1 is 1.33 bits per heavy atom. The lowest BCUT2D eigenvalue weighted by molar-refractivity contribution is -0.142. The zero-order valence-corrected chi connectivity index (χ0v) is 11.9. The van der Waals surface area contributed by atoms with Crippen LogP contribution in [0.4, 0.5) is 0 Å². The number of hydrogen-bond donors (Lipinski definition) is 4. The minimum Gasteiger partial charge on any atom is -0.508 e. The van der Waals surface area contributed by atoms with Crippen LogP contribution in [0.15, 0.2) is 24.3 Å². The van der Waals surface area contributed by atoms with Gasteiger partial charge in [0.05, 0.1) is 5.92 Å². The Bertz CT molecular complexity index is 515. The lowest BCUT2D eigenvalue weighted by Gasteiger charge is -2.19. The molecule has 0 bridgehead atoms. The molecule has 0 aromatic heterocycles. The molecule has 0 saturated carbocycles. The molecule has 6 nitrogen and oxygen atoms in total. The lowest BCUT2D eigenvalue weighted by Crippen LogP contribution is -2.46. The van der Waals surface area contributed by atoms with E-state index in [1.54, 1.807) is 12.1 Å². The number of aliphatic carboxylic acids is 1. The molecule has 0 radical (unpaired) electrons. The number of benzene rings is 1. The number of carbonyl (C=O) groups is 2. The van der Waals surface area contributed by atoms with Crippen LogP contribution in [-0.4, -0.2) is 41.2 Å². The number of phenols is 1. The molecular weight excluding hydrogens is 272 g/mol. The second kappa shape index (κ2) is 6.58. The largest absolute Gasteiger partial charge is 0.508 e. The molecule has 1 aromatic rings. The number of amides is 1. The van der Waals surface area contributed by atoms with E-state index in [9.17, 15) is 19.8 Å². The summed E-state index contributed by atoms with van der Waals surface area (Å²) in [6.45, 7) is 3.33. The van der Waals surface area contributed by atoms with Crippen molar-refractivity contribution in [3.8, 4) is 5.75 Å². The first-order valence-electron chi connectivity index (χ1n) is 6.99. The predicted octanol–water partition coefficient (Wildman–Crippen LogP) is 0.360. The van der Waals surface area contributed by atoms with Gasteiger partial charge in [0, 0.05) is 13.0 Å². The fourth-order valence-corrected chi connectivity index (χ4v) is 2.51. The number of nitrogens with one attached hydrogen (secondary N) is 2. The minimum atomic E-state index is -1.06. The van der Waals surface area contributed by atoms with Gasteiger partial charge in [-0.25, -0.2) is 4.79 Å². The summed E-state index contributed by atoms with van der Waals surface area (Å²) in [5.41, 5.74) is 0.748. The van der Waals surface area contributed by atoms with Crippen LogP contribution in [0.25, 0.3) is 0 Å². The molecule has 1 aliphatic rings. The fourth-order valence-electron chi connectivity index (χ4n) is 2.51. The minimum absolute atomic E-state index is 0.125. The molecule has 4 N–H and O–H groups in total. The van der Waals surface area contributed by atoms with Crippen molar-refractivity contribution in [2.45, 2.75) is 19.4 Å². The van der Waals surface area contributed by atoms with E-state index in [0.717, 1.165) is 12.1 Å². The van der Waals surface area contributed by atoms with Crippen LogP contribution in [0.1, 0.15) is 12.5 Å². The van der Waals surface area contributed by atoms with Crippen LogP contribution in [0.5, 0.6) is 5.75 Å². The molecule has 1 aliphatic heterocycles. The number of hydrogen-bond acceptors (Lipinski definition) is 4. The summed E-state index contributed by atoms with van der Waals surface area (Å²) >= 11 is 0. The van der Waals surface area contributed by atoms with E-state index >= 15 is 0 Å². The van der Waals surface area contributed by atoms with Gasteiger partial charge in [-0.3, -0.25) is 4.79 Å². The summed E-state index contributed by atoms with van der Waals surface area (Å²) in [5, 5.41) is 24.2. The lowest BCUT2D eigenvalue weighted by atomic mass is 9.96. The fraction of sp³-hybridized carbons (Fsp3) is 0.467. The molecule has 1 heterocycles. The molecule has 114 valence electrons. The van der Waals surface area contributed by atoms with Crippen molar-refractivity contribution in [2.24, 2.45) is 11.8 Å². The van der Waals surface area contributed by atoms with Gasteiger partial charge in [0.25, 0.3) is 0 Å². The van der Waals surface area contributed by atoms with Gasteiger partial charge in [0.15, 0.2) is 0 Å². The Balaban J connectivity index is 2.00. The summed E-state index contributed by atoms with van der Waals surface area (Å²) in [4.78, 5) is 23.5. The van der Waals surface area contributed by atoms with Crippen molar-refractivity contribution in [1.82, 2.24) is 10.6 Å². The monoisotopic (exact) mass is 292 g/mol. The van der Waals surface area contributed by atoms with E-state index in [1.807, 2.05) is 6.92 Å². The second-order valence-electron chi connectivity index (χ2n) is 5.51. The molecule has 1 fully saturated rings. The van der Waals surface area contributed by atoms with Gasteiger partial charge < -0.3 is 20.8 Å². The molecule has 1 saturated heterocycles. The highest BCUT2D eigenvalue weighted by atomic mass is 16.4. The second-order valence-corrected chi connectivity index (χ2v) is 5.51. The quantitative estimate of drug-likeness (QED) is 0.628. The number of carboxylic acids is 1. The molecule has 21 heavy (non-hydrogen) atoms.